The van der Waals surface area contributed by atoms with E-state index in [2.05, 4.69) is 45.0 Å². The molecule has 0 heterocycles. The van der Waals surface area contributed by atoms with Crippen molar-refractivity contribution in [2.75, 3.05) is 6.61 Å². The predicted octanol–water partition coefficient (Wildman–Crippen LogP) is 3.47. The maximum Gasteiger partial charge on any atom is 0.313 e. The zero-order valence-corrected chi connectivity index (χ0v) is 18.4. The van der Waals surface area contributed by atoms with E-state index >= 15 is 0 Å². The third-order valence-corrected chi connectivity index (χ3v) is 9.96. The van der Waals surface area contributed by atoms with Crippen LogP contribution in [0.1, 0.15) is 41.0 Å². The van der Waals surface area contributed by atoms with Gasteiger partial charge in [0, 0.05) is 0 Å². The van der Waals surface area contributed by atoms with Gasteiger partial charge < -0.3 is 9.16 Å². The van der Waals surface area contributed by atoms with Gasteiger partial charge in [0.25, 0.3) is 8.32 Å². The predicted molar refractivity (Wildman–Crippen MR) is 114 cm³/mol. The molecule has 0 aromatic heterocycles. The Morgan fingerprint density at radius 1 is 0.929 bits per heavy atom. The van der Waals surface area contributed by atoms with Crippen LogP contribution in [0.3, 0.4) is 0 Å². The third kappa shape index (κ3) is 4.78. The summed E-state index contributed by atoms with van der Waals surface area (Å²) in [4.78, 5) is 24.5. The molecule has 0 saturated carbocycles. The van der Waals surface area contributed by atoms with Crippen LogP contribution in [0.4, 0.5) is 0 Å². The van der Waals surface area contributed by atoms with Crippen LogP contribution in [0.2, 0.25) is 5.04 Å². The molecule has 2 aromatic rings. The second kappa shape index (κ2) is 9.30. The maximum absolute atomic E-state index is 12.7. The van der Waals surface area contributed by atoms with Gasteiger partial charge in [-0.1, -0.05) is 81.4 Å². The maximum atomic E-state index is 12.7. The van der Waals surface area contributed by atoms with E-state index in [0.29, 0.717) is 0 Å². The van der Waals surface area contributed by atoms with E-state index in [1.165, 1.54) is 0 Å². The average Bonchev–Trinajstić information content (AvgIpc) is 2.66. The van der Waals surface area contributed by atoms with Crippen molar-refractivity contribution >= 4 is 30.4 Å². The number of carbonyl (C=O) groups is 2. The minimum absolute atomic E-state index is 0.228. The molecule has 5 heteroatoms. The topological polar surface area (TPSA) is 52.6 Å². The van der Waals surface area contributed by atoms with Crippen LogP contribution >= 0.6 is 0 Å². The Labute approximate surface area is 169 Å². The van der Waals surface area contributed by atoms with Crippen molar-refractivity contribution in [3.05, 3.63) is 60.7 Å². The SMILES string of the molecule is CCOC(=O)CC(=O)[C@@H](C)O[Si](c1ccccc1)(c1ccccc1)C(C)(C)C. The molecule has 2 aromatic carbocycles. The quantitative estimate of drug-likeness (QED) is 0.388. The molecular formula is C23H30O4Si. The summed E-state index contributed by atoms with van der Waals surface area (Å²) in [6.07, 6.45) is -0.983. The lowest BCUT2D eigenvalue weighted by molar-refractivity contribution is -0.146. The van der Waals surface area contributed by atoms with Crippen LogP contribution in [0.15, 0.2) is 60.7 Å². The number of benzene rings is 2. The minimum Gasteiger partial charge on any atom is -0.466 e. The first-order valence-electron chi connectivity index (χ1n) is 9.69. The van der Waals surface area contributed by atoms with E-state index in [0.717, 1.165) is 10.4 Å². The largest absolute Gasteiger partial charge is 0.466 e. The lowest BCUT2D eigenvalue weighted by atomic mass is 10.2. The van der Waals surface area contributed by atoms with Crippen molar-refractivity contribution in [2.24, 2.45) is 0 Å². The molecular weight excluding hydrogens is 368 g/mol. The second-order valence-electron chi connectivity index (χ2n) is 7.87. The molecule has 4 nitrogen and oxygen atoms in total. The average molecular weight is 399 g/mol. The summed E-state index contributed by atoms with van der Waals surface area (Å²) in [5.74, 6) is -0.767. The zero-order valence-electron chi connectivity index (χ0n) is 17.4. The van der Waals surface area contributed by atoms with Crippen LogP contribution in [-0.4, -0.2) is 32.8 Å². The number of ether oxygens (including phenoxy) is 1. The Hall–Kier alpha value is -2.24. The summed E-state index contributed by atoms with van der Waals surface area (Å²) >= 11 is 0. The van der Waals surface area contributed by atoms with Crippen LogP contribution in [-0.2, 0) is 18.8 Å². The van der Waals surface area contributed by atoms with E-state index in [4.69, 9.17) is 9.16 Å². The first kappa shape index (κ1) is 22.1. The molecule has 0 N–H and O–H groups in total. The van der Waals surface area contributed by atoms with Crippen molar-refractivity contribution in [2.45, 2.75) is 52.2 Å². The Morgan fingerprint density at radius 2 is 1.39 bits per heavy atom. The Bertz CT molecular complexity index is 742. The number of esters is 1. The van der Waals surface area contributed by atoms with E-state index in [-0.39, 0.29) is 23.8 Å². The molecule has 0 unspecified atom stereocenters. The first-order valence-corrected chi connectivity index (χ1v) is 11.6. The van der Waals surface area contributed by atoms with Gasteiger partial charge in [0.1, 0.15) is 12.5 Å². The summed E-state index contributed by atoms with van der Waals surface area (Å²) < 4.78 is 11.6. The minimum atomic E-state index is -2.82. The van der Waals surface area contributed by atoms with E-state index in [9.17, 15) is 9.59 Å². The molecule has 1 atom stereocenters. The lowest BCUT2D eigenvalue weighted by Crippen LogP contribution is -2.68. The summed E-state index contributed by atoms with van der Waals surface area (Å²) in [5.41, 5.74) is 0. The second-order valence-corrected chi connectivity index (χ2v) is 12.1. The summed E-state index contributed by atoms with van der Waals surface area (Å²) in [5, 5.41) is 1.97. The monoisotopic (exact) mass is 398 g/mol. The van der Waals surface area contributed by atoms with Crippen molar-refractivity contribution in [1.82, 2.24) is 0 Å². The van der Waals surface area contributed by atoms with Gasteiger partial charge in [-0.3, -0.25) is 9.59 Å². The highest BCUT2D eigenvalue weighted by atomic mass is 28.4. The van der Waals surface area contributed by atoms with Crippen molar-refractivity contribution in [3.63, 3.8) is 0 Å². The van der Waals surface area contributed by atoms with Crippen molar-refractivity contribution < 1.29 is 18.8 Å². The van der Waals surface area contributed by atoms with Gasteiger partial charge in [0.05, 0.1) is 6.61 Å². The Balaban J connectivity index is 2.50. The molecule has 0 bridgehead atoms. The van der Waals surface area contributed by atoms with Gasteiger partial charge in [-0.15, -0.1) is 0 Å². The molecule has 28 heavy (non-hydrogen) atoms. The van der Waals surface area contributed by atoms with E-state index < -0.39 is 20.4 Å². The number of carbonyl (C=O) groups excluding carboxylic acids is 2. The van der Waals surface area contributed by atoms with Gasteiger partial charge >= 0.3 is 5.97 Å². The molecule has 150 valence electrons. The highest BCUT2D eigenvalue weighted by Gasteiger charge is 2.51. The first-order chi connectivity index (χ1) is 13.2. The molecule has 0 spiro atoms. The number of rotatable bonds is 8. The van der Waals surface area contributed by atoms with Crippen molar-refractivity contribution in [1.29, 1.82) is 0 Å². The highest BCUT2D eigenvalue weighted by Crippen LogP contribution is 2.37. The molecule has 0 aliphatic heterocycles. The van der Waals surface area contributed by atoms with Crippen LogP contribution in [0, 0.1) is 0 Å². The number of hydrogen-bond acceptors (Lipinski definition) is 4. The molecule has 0 aliphatic carbocycles. The highest BCUT2D eigenvalue weighted by molar-refractivity contribution is 6.99. The van der Waals surface area contributed by atoms with Gasteiger partial charge in [0.15, 0.2) is 5.78 Å². The van der Waals surface area contributed by atoms with Crippen LogP contribution < -0.4 is 10.4 Å². The van der Waals surface area contributed by atoms with Crippen molar-refractivity contribution in [3.8, 4) is 0 Å². The third-order valence-electron chi connectivity index (χ3n) is 4.85. The summed E-state index contributed by atoms with van der Waals surface area (Å²) in [6, 6.07) is 20.3. The van der Waals surface area contributed by atoms with E-state index in [1.54, 1.807) is 13.8 Å². The smallest absolute Gasteiger partial charge is 0.313 e. The fourth-order valence-electron chi connectivity index (χ4n) is 3.52. The van der Waals surface area contributed by atoms with Gasteiger partial charge in [0.2, 0.25) is 0 Å². The zero-order chi connectivity index (χ0) is 20.8. The fourth-order valence-corrected chi connectivity index (χ4v) is 8.20. The van der Waals surface area contributed by atoms with Gasteiger partial charge in [-0.25, -0.2) is 0 Å². The molecule has 0 saturated heterocycles. The summed E-state index contributed by atoms with van der Waals surface area (Å²) in [6.45, 7) is 10.2. The van der Waals surface area contributed by atoms with Gasteiger partial charge in [-0.2, -0.15) is 0 Å². The number of Topliss-reactive ketones (excluding diaryl/α,β-unsaturated/α-hetero) is 1. The molecule has 0 amide bonds. The molecule has 0 aliphatic rings. The molecule has 0 radical (unpaired) electrons. The van der Waals surface area contributed by atoms with E-state index in [1.807, 2.05) is 36.4 Å². The Morgan fingerprint density at radius 3 is 1.79 bits per heavy atom. The molecule has 2 rings (SSSR count). The Kier molecular flexibility index (Phi) is 7.33. The number of hydrogen-bond donors (Lipinski definition) is 0. The van der Waals surface area contributed by atoms with Crippen LogP contribution in [0.5, 0.6) is 0 Å². The van der Waals surface area contributed by atoms with Gasteiger partial charge in [-0.05, 0) is 29.3 Å². The standard InChI is InChI=1S/C23H30O4Si/c1-6-26-22(25)17-21(24)18(2)27-28(23(3,4)5,19-13-9-7-10-14-19)20-15-11-8-12-16-20/h7-16,18H,6,17H2,1-5H3/t18-/m1/s1. The number of ketones is 1. The summed E-state index contributed by atoms with van der Waals surface area (Å²) in [7, 11) is -2.82. The van der Waals surface area contributed by atoms with Crippen LogP contribution in [0.25, 0.3) is 0 Å². The molecule has 0 fully saturated rings. The fraction of sp³-hybridized carbons (Fsp3) is 0.391. The lowest BCUT2D eigenvalue weighted by Gasteiger charge is -2.44. The normalized spacial score (nSPS) is 13.0.